The van der Waals surface area contributed by atoms with Gasteiger partial charge in [0.1, 0.15) is 22.4 Å². The molecule has 0 N–H and O–H groups in total. The summed E-state index contributed by atoms with van der Waals surface area (Å²) < 4.78 is 19.4. The van der Waals surface area contributed by atoms with E-state index in [0.29, 0.717) is 28.3 Å². The van der Waals surface area contributed by atoms with Crippen LogP contribution in [0.3, 0.4) is 0 Å². The average Bonchev–Trinajstić information content (AvgIpc) is 3.04. The second-order valence-electron chi connectivity index (χ2n) is 4.87. The van der Waals surface area contributed by atoms with E-state index in [2.05, 4.69) is 20.3 Å². The van der Waals surface area contributed by atoms with Crippen molar-refractivity contribution in [1.82, 2.24) is 25.0 Å². The van der Waals surface area contributed by atoms with Gasteiger partial charge in [-0.2, -0.15) is 4.68 Å². The maximum absolute atomic E-state index is 13.1. The van der Waals surface area contributed by atoms with Gasteiger partial charge in [0.15, 0.2) is 11.2 Å². The number of carbonyl (C=O) groups is 1. The summed E-state index contributed by atoms with van der Waals surface area (Å²) in [6.07, 6.45) is 1.98. The zero-order valence-corrected chi connectivity index (χ0v) is 13.8. The van der Waals surface area contributed by atoms with Gasteiger partial charge in [0.05, 0.1) is 12.8 Å². The molecule has 0 saturated heterocycles. The number of nitrogens with zero attached hydrogens (tertiary/aromatic N) is 5. The normalized spacial score (nSPS) is 12.3. The minimum atomic E-state index is -0.385. The summed E-state index contributed by atoms with van der Waals surface area (Å²) >= 11 is 1.26. The summed E-state index contributed by atoms with van der Waals surface area (Å²) in [4.78, 5) is 20.2. The SMILES string of the molecule is CC[C@@H](Sc1ncnc2c1nnn2-c1ccc(F)cc1)C(=O)OC. The third-order valence-electron chi connectivity index (χ3n) is 3.36. The Labute approximate surface area is 141 Å². The molecule has 0 unspecified atom stereocenters. The summed E-state index contributed by atoms with van der Waals surface area (Å²) in [6, 6.07) is 5.84. The van der Waals surface area contributed by atoms with Gasteiger partial charge in [-0.1, -0.05) is 23.9 Å². The molecule has 1 atom stereocenters. The number of hydrogen-bond acceptors (Lipinski definition) is 7. The maximum Gasteiger partial charge on any atom is 0.319 e. The molecule has 0 spiro atoms. The first-order valence-electron chi connectivity index (χ1n) is 7.21. The molecule has 2 heterocycles. The number of fused-ring (bicyclic) bond motifs is 1. The zero-order chi connectivity index (χ0) is 17.1. The van der Waals surface area contributed by atoms with Crippen molar-refractivity contribution in [3.63, 3.8) is 0 Å². The van der Waals surface area contributed by atoms with Crippen LogP contribution in [0.15, 0.2) is 35.6 Å². The number of esters is 1. The van der Waals surface area contributed by atoms with Gasteiger partial charge in [-0.05, 0) is 30.7 Å². The molecule has 0 aliphatic carbocycles. The number of hydrogen-bond donors (Lipinski definition) is 0. The fraction of sp³-hybridized carbons (Fsp3) is 0.267. The lowest BCUT2D eigenvalue weighted by Crippen LogP contribution is -2.17. The van der Waals surface area contributed by atoms with E-state index in [1.165, 1.54) is 42.0 Å². The summed E-state index contributed by atoms with van der Waals surface area (Å²) in [5, 5.41) is 8.34. The van der Waals surface area contributed by atoms with Gasteiger partial charge < -0.3 is 4.74 Å². The van der Waals surface area contributed by atoms with Crippen LogP contribution >= 0.6 is 11.8 Å². The average molecular weight is 347 g/mol. The van der Waals surface area contributed by atoms with Crippen LogP contribution in [0.5, 0.6) is 0 Å². The number of rotatable bonds is 5. The van der Waals surface area contributed by atoms with E-state index < -0.39 is 0 Å². The van der Waals surface area contributed by atoms with E-state index in [1.54, 1.807) is 12.1 Å². The summed E-state index contributed by atoms with van der Waals surface area (Å²) in [5.74, 6) is -0.655. The second-order valence-corrected chi connectivity index (χ2v) is 6.06. The van der Waals surface area contributed by atoms with Crippen molar-refractivity contribution in [2.45, 2.75) is 23.6 Å². The van der Waals surface area contributed by atoms with Crippen molar-refractivity contribution in [1.29, 1.82) is 0 Å². The quantitative estimate of drug-likeness (QED) is 0.398. The van der Waals surface area contributed by atoms with Gasteiger partial charge >= 0.3 is 5.97 Å². The number of halogens is 1. The minimum Gasteiger partial charge on any atom is -0.468 e. The molecule has 0 amide bonds. The summed E-state index contributed by atoms with van der Waals surface area (Å²) in [6.45, 7) is 1.89. The van der Waals surface area contributed by atoms with Gasteiger partial charge in [0.25, 0.3) is 0 Å². The standard InChI is InChI=1S/C15H14FN5O2S/c1-3-11(15(22)23-2)24-14-12-13(17-8-18-14)21(20-19-12)10-6-4-9(16)5-7-10/h4-8,11H,3H2,1-2H3/t11-/m1/s1. The molecule has 9 heteroatoms. The Balaban J connectivity index is 2.00. The molecular weight excluding hydrogens is 333 g/mol. The highest BCUT2D eigenvalue weighted by atomic mass is 32.2. The molecule has 3 aromatic rings. The Kier molecular flexibility index (Phi) is 4.70. The minimum absolute atomic E-state index is 0.319. The van der Waals surface area contributed by atoms with E-state index in [1.807, 2.05) is 6.92 Å². The Morgan fingerprint density at radius 2 is 2.08 bits per heavy atom. The van der Waals surface area contributed by atoms with Gasteiger partial charge in [0.2, 0.25) is 0 Å². The molecule has 7 nitrogen and oxygen atoms in total. The lowest BCUT2D eigenvalue weighted by Gasteiger charge is -2.10. The third kappa shape index (κ3) is 3.07. The van der Waals surface area contributed by atoms with Crippen molar-refractivity contribution in [2.24, 2.45) is 0 Å². The van der Waals surface area contributed by atoms with Gasteiger partial charge in [-0.25, -0.2) is 14.4 Å². The molecular formula is C15H14FN5O2S. The number of thioether (sulfide) groups is 1. The molecule has 3 rings (SSSR count). The van der Waals surface area contributed by atoms with Crippen molar-refractivity contribution in [3.05, 3.63) is 36.4 Å². The van der Waals surface area contributed by atoms with Crippen molar-refractivity contribution in [2.75, 3.05) is 7.11 Å². The Bertz CT molecular complexity index is 868. The monoisotopic (exact) mass is 347 g/mol. The van der Waals surface area contributed by atoms with E-state index in [0.717, 1.165) is 0 Å². The molecule has 124 valence electrons. The fourth-order valence-electron chi connectivity index (χ4n) is 2.13. The predicted molar refractivity (Wildman–Crippen MR) is 86.4 cm³/mol. The van der Waals surface area contributed by atoms with E-state index in [4.69, 9.17) is 4.74 Å². The first-order valence-corrected chi connectivity index (χ1v) is 8.08. The topological polar surface area (TPSA) is 82.8 Å². The second kappa shape index (κ2) is 6.91. The van der Waals surface area contributed by atoms with E-state index in [-0.39, 0.29) is 17.0 Å². The zero-order valence-electron chi connectivity index (χ0n) is 13.0. The third-order valence-corrected chi connectivity index (χ3v) is 4.70. The Morgan fingerprint density at radius 3 is 2.75 bits per heavy atom. The number of methoxy groups -OCH3 is 1. The number of carbonyl (C=O) groups excluding carboxylic acids is 1. The van der Waals surface area contributed by atoms with Crippen molar-refractivity contribution < 1.29 is 13.9 Å². The molecule has 0 fully saturated rings. The molecule has 0 aliphatic rings. The molecule has 0 saturated carbocycles. The molecule has 0 radical (unpaired) electrons. The lowest BCUT2D eigenvalue weighted by molar-refractivity contribution is -0.140. The highest BCUT2D eigenvalue weighted by Gasteiger charge is 2.22. The highest BCUT2D eigenvalue weighted by Crippen LogP contribution is 2.29. The smallest absolute Gasteiger partial charge is 0.319 e. The maximum atomic E-state index is 13.1. The van der Waals surface area contributed by atoms with Crippen LogP contribution in [0, 0.1) is 5.82 Å². The predicted octanol–water partition coefficient (Wildman–Crippen LogP) is 2.39. The van der Waals surface area contributed by atoms with Gasteiger partial charge in [-0.15, -0.1) is 5.10 Å². The molecule has 2 aromatic heterocycles. The Morgan fingerprint density at radius 1 is 1.33 bits per heavy atom. The summed E-state index contributed by atoms with van der Waals surface area (Å²) in [5.41, 5.74) is 1.60. The van der Waals surface area contributed by atoms with Crippen molar-refractivity contribution in [3.8, 4) is 5.69 Å². The van der Waals surface area contributed by atoms with Crippen LogP contribution in [-0.4, -0.2) is 43.3 Å². The molecule has 0 bridgehead atoms. The first-order chi connectivity index (χ1) is 11.6. The van der Waals surface area contributed by atoms with Gasteiger partial charge in [0, 0.05) is 0 Å². The van der Waals surface area contributed by atoms with Crippen LogP contribution in [0.1, 0.15) is 13.3 Å². The Hall–Kier alpha value is -2.55. The molecule has 24 heavy (non-hydrogen) atoms. The fourth-order valence-corrected chi connectivity index (χ4v) is 3.12. The van der Waals surface area contributed by atoms with Crippen LogP contribution < -0.4 is 0 Å². The number of ether oxygens (including phenoxy) is 1. The largest absolute Gasteiger partial charge is 0.468 e. The highest BCUT2D eigenvalue weighted by molar-refractivity contribution is 8.00. The molecule has 0 aliphatic heterocycles. The van der Waals surface area contributed by atoms with Gasteiger partial charge in [-0.3, -0.25) is 4.79 Å². The van der Waals surface area contributed by atoms with Crippen LogP contribution in [0.4, 0.5) is 4.39 Å². The number of aromatic nitrogens is 5. The summed E-state index contributed by atoms with van der Waals surface area (Å²) in [7, 11) is 1.35. The van der Waals surface area contributed by atoms with Crippen LogP contribution in [0.2, 0.25) is 0 Å². The van der Waals surface area contributed by atoms with Crippen molar-refractivity contribution >= 4 is 28.9 Å². The molecule has 1 aromatic carbocycles. The lowest BCUT2D eigenvalue weighted by atomic mass is 10.3. The number of benzene rings is 1. The van der Waals surface area contributed by atoms with Crippen LogP contribution in [-0.2, 0) is 9.53 Å². The first kappa shape index (κ1) is 16.3. The van der Waals surface area contributed by atoms with Crippen LogP contribution in [0.25, 0.3) is 16.9 Å². The van der Waals surface area contributed by atoms with E-state index >= 15 is 0 Å². The van der Waals surface area contributed by atoms with E-state index in [9.17, 15) is 9.18 Å².